The molecule has 0 bridgehead atoms. The van der Waals surface area contributed by atoms with Gasteiger partial charge in [-0.1, -0.05) is 15.9 Å². The zero-order valence-electron chi connectivity index (χ0n) is 10.8. The fourth-order valence-corrected chi connectivity index (χ4v) is 3.24. The molecule has 1 unspecified atom stereocenters. The predicted octanol–water partition coefficient (Wildman–Crippen LogP) is 4.35. The fraction of sp³-hybridized carbons (Fsp3) is 0.500. The third kappa shape index (κ3) is 3.31. The summed E-state index contributed by atoms with van der Waals surface area (Å²) in [6.45, 7) is 0.523. The SMILES string of the molecule is O=C(c1c(F)cc(Br)cc1F)N1CCCCC1CCCl. The van der Waals surface area contributed by atoms with Crippen LogP contribution in [-0.4, -0.2) is 29.3 Å². The zero-order chi connectivity index (χ0) is 14.7. The molecule has 1 fully saturated rings. The van der Waals surface area contributed by atoms with Gasteiger partial charge >= 0.3 is 0 Å². The van der Waals surface area contributed by atoms with Gasteiger partial charge in [-0.25, -0.2) is 8.78 Å². The number of nitrogens with zero attached hydrogens (tertiary/aromatic N) is 1. The number of amides is 1. The van der Waals surface area contributed by atoms with Crippen LogP contribution in [0.1, 0.15) is 36.0 Å². The van der Waals surface area contributed by atoms with Gasteiger partial charge in [-0.05, 0) is 37.8 Å². The smallest absolute Gasteiger partial charge is 0.260 e. The van der Waals surface area contributed by atoms with Gasteiger partial charge in [0.15, 0.2) is 0 Å². The molecule has 20 heavy (non-hydrogen) atoms. The maximum Gasteiger partial charge on any atom is 0.260 e. The first-order valence-electron chi connectivity index (χ1n) is 6.56. The van der Waals surface area contributed by atoms with Gasteiger partial charge in [0, 0.05) is 22.9 Å². The van der Waals surface area contributed by atoms with Crippen molar-refractivity contribution in [2.45, 2.75) is 31.7 Å². The highest BCUT2D eigenvalue weighted by Gasteiger charge is 2.30. The van der Waals surface area contributed by atoms with Gasteiger partial charge in [0.25, 0.3) is 5.91 Å². The molecule has 2 nitrogen and oxygen atoms in total. The third-order valence-corrected chi connectivity index (χ3v) is 4.23. The normalized spacial score (nSPS) is 19.2. The van der Waals surface area contributed by atoms with Gasteiger partial charge in [-0.2, -0.15) is 0 Å². The summed E-state index contributed by atoms with van der Waals surface area (Å²) in [4.78, 5) is 14.0. The summed E-state index contributed by atoms with van der Waals surface area (Å²) in [6.07, 6.45) is 3.34. The Labute approximate surface area is 130 Å². The monoisotopic (exact) mass is 365 g/mol. The Kier molecular flexibility index (Phi) is 5.38. The highest BCUT2D eigenvalue weighted by atomic mass is 79.9. The molecular weight excluding hydrogens is 352 g/mol. The molecule has 1 aromatic carbocycles. The van der Waals surface area contributed by atoms with E-state index in [1.807, 2.05) is 0 Å². The predicted molar refractivity (Wildman–Crippen MR) is 78.1 cm³/mol. The van der Waals surface area contributed by atoms with Crippen LogP contribution in [-0.2, 0) is 0 Å². The van der Waals surface area contributed by atoms with Crippen LogP contribution in [0.15, 0.2) is 16.6 Å². The lowest BCUT2D eigenvalue weighted by Crippen LogP contribution is -2.44. The second kappa shape index (κ2) is 6.85. The van der Waals surface area contributed by atoms with Gasteiger partial charge in [0.2, 0.25) is 0 Å². The maximum absolute atomic E-state index is 13.9. The molecule has 1 heterocycles. The molecule has 110 valence electrons. The molecule has 1 aromatic rings. The number of hydrogen-bond acceptors (Lipinski definition) is 1. The van der Waals surface area contributed by atoms with E-state index in [0.29, 0.717) is 18.8 Å². The summed E-state index contributed by atoms with van der Waals surface area (Å²) in [6, 6.07) is 2.18. The van der Waals surface area contributed by atoms with Crippen LogP contribution < -0.4 is 0 Å². The number of benzene rings is 1. The molecule has 0 spiro atoms. The standard InChI is InChI=1S/C14H15BrClF2NO/c15-9-7-11(17)13(12(18)8-9)14(20)19-6-2-1-3-10(19)4-5-16/h7-8,10H,1-6H2. The maximum atomic E-state index is 13.9. The summed E-state index contributed by atoms with van der Waals surface area (Å²) in [7, 11) is 0. The summed E-state index contributed by atoms with van der Waals surface area (Å²) in [5.74, 6) is -1.82. The van der Waals surface area contributed by atoms with Crippen molar-refractivity contribution < 1.29 is 13.6 Å². The second-order valence-electron chi connectivity index (χ2n) is 4.87. The molecule has 0 radical (unpaired) electrons. The molecule has 2 rings (SSSR count). The van der Waals surface area contributed by atoms with Crippen LogP contribution in [0.3, 0.4) is 0 Å². The Balaban J connectivity index is 2.30. The minimum atomic E-state index is -0.836. The van der Waals surface area contributed by atoms with Crippen molar-refractivity contribution in [3.05, 3.63) is 33.8 Å². The van der Waals surface area contributed by atoms with E-state index in [0.717, 1.165) is 31.4 Å². The van der Waals surface area contributed by atoms with E-state index >= 15 is 0 Å². The van der Waals surface area contributed by atoms with Crippen molar-refractivity contribution in [1.82, 2.24) is 4.90 Å². The molecule has 1 aliphatic rings. The number of carbonyl (C=O) groups excluding carboxylic acids is 1. The number of likely N-dealkylation sites (tertiary alicyclic amines) is 1. The van der Waals surface area contributed by atoms with Crippen LogP contribution in [0.2, 0.25) is 0 Å². The van der Waals surface area contributed by atoms with Crippen LogP contribution in [0.25, 0.3) is 0 Å². The number of carbonyl (C=O) groups is 1. The van der Waals surface area contributed by atoms with Crippen molar-refractivity contribution in [3.8, 4) is 0 Å². The average Bonchev–Trinajstić information content (AvgIpc) is 2.38. The van der Waals surface area contributed by atoms with Gasteiger partial charge in [-0.3, -0.25) is 4.79 Å². The van der Waals surface area contributed by atoms with E-state index < -0.39 is 23.1 Å². The van der Waals surface area contributed by atoms with Crippen molar-refractivity contribution in [3.63, 3.8) is 0 Å². The first-order valence-corrected chi connectivity index (χ1v) is 7.89. The fourth-order valence-electron chi connectivity index (χ4n) is 2.58. The molecule has 0 saturated carbocycles. The topological polar surface area (TPSA) is 20.3 Å². The number of alkyl halides is 1. The molecule has 6 heteroatoms. The molecule has 0 aliphatic carbocycles. The zero-order valence-corrected chi connectivity index (χ0v) is 13.2. The molecule has 0 N–H and O–H groups in total. The molecule has 1 aliphatic heterocycles. The molecular formula is C14H15BrClF2NO. The minimum Gasteiger partial charge on any atom is -0.335 e. The van der Waals surface area contributed by atoms with E-state index in [9.17, 15) is 13.6 Å². The van der Waals surface area contributed by atoms with Crippen molar-refractivity contribution in [2.24, 2.45) is 0 Å². The van der Waals surface area contributed by atoms with Gasteiger partial charge in [0.1, 0.15) is 17.2 Å². The molecule has 1 saturated heterocycles. The molecule has 0 aromatic heterocycles. The Morgan fingerprint density at radius 2 is 2.00 bits per heavy atom. The van der Waals surface area contributed by atoms with Gasteiger partial charge < -0.3 is 4.90 Å². The first-order chi connectivity index (χ1) is 9.54. The molecule has 1 atom stereocenters. The van der Waals surface area contributed by atoms with E-state index in [-0.39, 0.29) is 10.5 Å². The van der Waals surface area contributed by atoms with Gasteiger partial charge in [-0.15, -0.1) is 11.6 Å². The van der Waals surface area contributed by atoms with Crippen molar-refractivity contribution in [2.75, 3.05) is 12.4 Å². The lowest BCUT2D eigenvalue weighted by molar-refractivity contribution is 0.0599. The van der Waals surface area contributed by atoms with Crippen molar-refractivity contribution >= 4 is 33.4 Å². The lowest BCUT2D eigenvalue weighted by atomic mass is 9.98. The first kappa shape index (κ1) is 15.7. The minimum absolute atomic E-state index is 0.0313. The van der Waals surface area contributed by atoms with Crippen LogP contribution in [0.5, 0.6) is 0 Å². The number of halogens is 4. The van der Waals surface area contributed by atoms with Crippen LogP contribution in [0, 0.1) is 11.6 Å². The largest absolute Gasteiger partial charge is 0.335 e. The van der Waals surface area contributed by atoms with Crippen LogP contribution in [0.4, 0.5) is 8.78 Å². The van der Waals surface area contributed by atoms with E-state index in [1.54, 1.807) is 4.90 Å². The van der Waals surface area contributed by atoms with E-state index in [2.05, 4.69) is 15.9 Å². The second-order valence-corrected chi connectivity index (χ2v) is 6.16. The third-order valence-electron chi connectivity index (χ3n) is 3.55. The summed E-state index contributed by atoms with van der Waals surface area (Å²) in [5.41, 5.74) is -0.477. The quantitative estimate of drug-likeness (QED) is 0.728. The highest BCUT2D eigenvalue weighted by molar-refractivity contribution is 9.10. The van der Waals surface area contributed by atoms with Crippen LogP contribution >= 0.6 is 27.5 Å². The Bertz CT molecular complexity index is 487. The van der Waals surface area contributed by atoms with E-state index in [1.165, 1.54) is 0 Å². The molecule has 1 amide bonds. The highest BCUT2D eigenvalue weighted by Crippen LogP contribution is 2.26. The Morgan fingerprint density at radius 1 is 1.35 bits per heavy atom. The van der Waals surface area contributed by atoms with Gasteiger partial charge in [0.05, 0.1) is 0 Å². The summed E-state index contributed by atoms with van der Waals surface area (Å²) >= 11 is 8.75. The van der Waals surface area contributed by atoms with Crippen molar-refractivity contribution in [1.29, 1.82) is 0 Å². The summed E-state index contributed by atoms with van der Waals surface area (Å²) in [5, 5.41) is 0. The number of piperidine rings is 1. The number of rotatable bonds is 3. The van der Waals surface area contributed by atoms with E-state index in [4.69, 9.17) is 11.6 Å². The number of hydrogen-bond donors (Lipinski definition) is 0. The Hall–Kier alpha value is -0.680. The Morgan fingerprint density at radius 3 is 2.60 bits per heavy atom. The lowest BCUT2D eigenvalue weighted by Gasteiger charge is -2.35. The average molecular weight is 367 g/mol. The summed E-state index contributed by atoms with van der Waals surface area (Å²) < 4.78 is 28.0.